The van der Waals surface area contributed by atoms with Crippen LogP contribution in [0.25, 0.3) is 0 Å². The molecule has 1 heterocycles. The van der Waals surface area contributed by atoms with Crippen molar-refractivity contribution in [3.8, 4) is 0 Å². The van der Waals surface area contributed by atoms with Crippen LogP contribution in [0.1, 0.15) is 15.2 Å². The minimum Gasteiger partial charge on any atom is -0.379 e. The summed E-state index contributed by atoms with van der Waals surface area (Å²) in [4.78, 5) is 15.9. The Morgan fingerprint density at radius 3 is 2.62 bits per heavy atom. The maximum atomic E-state index is 12.6. The molecule has 0 saturated heterocycles. The van der Waals surface area contributed by atoms with Crippen molar-refractivity contribution in [2.45, 2.75) is 12.7 Å². The van der Waals surface area contributed by atoms with Gasteiger partial charge in [0.05, 0.1) is 12.1 Å². The molecule has 0 aliphatic heterocycles. The van der Waals surface area contributed by atoms with Crippen LogP contribution in [0.4, 0.5) is 18.9 Å². The maximum Gasteiger partial charge on any atom is 0.454 e. The van der Waals surface area contributed by atoms with Crippen molar-refractivity contribution in [1.82, 2.24) is 4.98 Å². The summed E-state index contributed by atoms with van der Waals surface area (Å²) in [6.45, 7) is 0.199. The molecule has 0 saturated carbocycles. The van der Waals surface area contributed by atoms with Crippen molar-refractivity contribution in [2.75, 3.05) is 5.32 Å². The van der Waals surface area contributed by atoms with E-state index in [4.69, 9.17) is 23.2 Å². The number of nitrogens with zero attached hydrogens (tertiary/aromatic N) is 1. The molecular weight excluding hydrogens is 348 g/mol. The Morgan fingerprint density at radius 1 is 1.33 bits per heavy atom. The van der Waals surface area contributed by atoms with E-state index >= 15 is 0 Å². The average molecular weight is 355 g/mol. The summed E-state index contributed by atoms with van der Waals surface area (Å²) in [5, 5.41) is 2.81. The van der Waals surface area contributed by atoms with E-state index in [1.54, 1.807) is 0 Å². The van der Waals surface area contributed by atoms with Crippen molar-refractivity contribution in [2.24, 2.45) is 0 Å². The molecule has 9 heteroatoms. The molecule has 1 aromatic heterocycles. The summed E-state index contributed by atoms with van der Waals surface area (Å²) in [7, 11) is 0. The topological polar surface area (TPSA) is 42.0 Å². The monoisotopic (exact) mass is 354 g/mol. The van der Waals surface area contributed by atoms with Crippen LogP contribution in [-0.4, -0.2) is 16.9 Å². The minimum atomic E-state index is -4.96. The number of anilines is 1. The van der Waals surface area contributed by atoms with E-state index in [1.165, 1.54) is 29.7 Å². The van der Waals surface area contributed by atoms with Gasteiger partial charge in [0, 0.05) is 21.8 Å². The van der Waals surface area contributed by atoms with E-state index in [1.807, 2.05) is 0 Å². The van der Waals surface area contributed by atoms with Gasteiger partial charge in [-0.3, -0.25) is 4.79 Å². The molecule has 1 aromatic carbocycles. The van der Waals surface area contributed by atoms with E-state index in [2.05, 4.69) is 10.3 Å². The quantitative estimate of drug-likeness (QED) is 0.801. The summed E-state index contributed by atoms with van der Waals surface area (Å²) in [6.07, 6.45) is -3.46. The molecule has 2 aromatic rings. The summed E-state index contributed by atoms with van der Waals surface area (Å²) in [5.41, 5.74) is -0.475. The van der Waals surface area contributed by atoms with Gasteiger partial charge in [-0.15, -0.1) is 11.3 Å². The third-order valence-electron chi connectivity index (χ3n) is 2.46. The van der Waals surface area contributed by atoms with Crippen LogP contribution < -0.4 is 5.32 Å². The van der Waals surface area contributed by atoms with Gasteiger partial charge in [-0.25, -0.2) is 4.98 Å². The van der Waals surface area contributed by atoms with E-state index in [0.717, 1.165) is 10.9 Å². The molecule has 0 atom stereocenters. The number of halogens is 5. The van der Waals surface area contributed by atoms with Crippen LogP contribution >= 0.6 is 34.5 Å². The summed E-state index contributed by atoms with van der Waals surface area (Å²) in [5.74, 6) is -1.95. The molecule has 0 amide bonds. The highest BCUT2D eigenvalue weighted by atomic mass is 35.5. The Kier molecular flexibility index (Phi) is 4.75. The van der Waals surface area contributed by atoms with E-state index in [-0.39, 0.29) is 17.3 Å². The average Bonchev–Trinajstić information content (AvgIpc) is 2.81. The summed E-state index contributed by atoms with van der Waals surface area (Å²) >= 11 is 12.5. The summed E-state index contributed by atoms with van der Waals surface area (Å²) in [6, 6.07) is 3.71. The van der Waals surface area contributed by atoms with Crippen molar-refractivity contribution in [3.05, 3.63) is 44.3 Å². The predicted molar refractivity (Wildman–Crippen MR) is 76.3 cm³/mol. The SMILES string of the molecule is O=C(c1cc(Cl)ccc1NCc1cnc(Cl)s1)C(F)(F)F. The molecule has 0 bridgehead atoms. The molecule has 3 nitrogen and oxygen atoms in total. The van der Waals surface area contributed by atoms with Gasteiger partial charge in [-0.2, -0.15) is 13.2 Å². The number of aromatic nitrogens is 1. The summed E-state index contributed by atoms with van der Waals surface area (Å²) < 4.78 is 38.0. The number of carbonyl (C=O) groups excluding carboxylic acids is 1. The van der Waals surface area contributed by atoms with Crippen LogP contribution in [0.3, 0.4) is 0 Å². The van der Waals surface area contributed by atoms with E-state index in [0.29, 0.717) is 4.47 Å². The van der Waals surface area contributed by atoms with Crippen molar-refractivity contribution in [3.63, 3.8) is 0 Å². The number of ketones is 1. The predicted octanol–water partition coefficient (Wildman–Crippen LogP) is 4.81. The van der Waals surface area contributed by atoms with Gasteiger partial charge in [-0.05, 0) is 18.2 Å². The molecule has 0 fully saturated rings. The third kappa shape index (κ3) is 4.09. The molecule has 0 unspecified atom stereocenters. The largest absolute Gasteiger partial charge is 0.454 e. The number of benzene rings is 1. The van der Waals surface area contributed by atoms with Gasteiger partial charge in [0.25, 0.3) is 5.78 Å². The van der Waals surface area contributed by atoms with Crippen LogP contribution in [0, 0.1) is 0 Å². The number of thiazole rings is 1. The Bertz CT molecular complexity index is 673. The van der Waals surface area contributed by atoms with Gasteiger partial charge in [-0.1, -0.05) is 23.2 Å². The zero-order valence-electron chi connectivity index (χ0n) is 10.2. The molecule has 2 rings (SSSR count). The lowest BCUT2D eigenvalue weighted by molar-refractivity contribution is -0.0884. The fraction of sp³-hybridized carbons (Fsp3) is 0.167. The number of alkyl halides is 3. The van der Waals surface area contributed by atoms with Crippen LogP contribution in [0.15, 0.2) is 24.4 Å². The molecule has 112 valence electrons. The Morgan fingerprint density at radius 2 is 2.05 bits per heavy atom. The van der Waals surface area contributed by atoms with Gasteiger partial charge in [0.2, 0.25) is 0 Å². The van der Waals surface area contributed by atoms with Crippen LogP contribution in [0.2, 0.25) is 9.49 Å². The zero-order chi connectivity index (χ0) is 15.6. The number of Topliss-reactive ketones (excluding diaryl/α,β-unsaturated/α-hetero) is 1. The first-order chi connectivity index (χ1) is 9.77. The maximum absolute atomic E-state index is 12.6. The number of carbonyl (C=O) groups is 1. The third-order valence-corrected chi connectivity index (χ3v) is 3.81. The second-order valence-corrected chi connectivity index (χ2v) is 6.08. The second-order valence-electron chi connectivity index (χ2n) is 3.95. The van der Waals surface area contributed by atoms with Gasteiger partial charge < -0.3 is 5.32 Å². The highest BCUT2D eigenvalue weighted by Crippen LogP contribution is 2.29. The Labute approximate surface area is 131 Å². The van der Waals surface area contributed by atoms with Crippen LogP contribution in [0.5, 0.6) is 0 Å². The zero-order valence-corrected chi connectivity index (χ0v) is 12.5. The molecule has 0 aliphatic rings. The fourth-order valence-corrected chi connectivity index (χ4v) is 2.65. The molecule has 21 heavy (non-hydrogen) atoms. The van der Waals surface area contributed by atoms with E-state index in [9.17, 15) is 18.0 Å². The van der Waals surface area contributed by atoms with Crippen molar-refractivity contribution < 1.29 is 18.0 Å². The number of nitrogens with one attached hydrogen (secondary N) is 1. The minimum absolute atomic E-state index is 0.0475. The molecule has 0 radical (unpaired) electrons. The fourth-order valence-electron chi connectivity index (χ4n) is 1.56. The molecule has 1 N–H and O–H groups in total. The first-order valence-corrected chi connectivity index (χ1v) is 7.10. The first kappa shape index (κ1) is 16.1. The second kappa shape index (κ2) is 6.21. The number of hydrogen-bond donors (Lipinski definition) is 1. The standard InChI is InChI=1S/C12H7Cl2F3N2OS/c13-6-1-2-9(8(3-6)10(20)12(15,16)17)18-4-7-5-19-11(14)21-7/h1-3,5,18H,4H2. The molecule has 0 spiro atoms. The number of hydrogen-bond acceptors (Lipinski definition) is 4. The highest BCUT2D eigenvalue weighted by molar-refractivity contribution is 7.15. The first-order valence-electron chi connectivity index (χ1n) is 5.52. The van der Waals surface area contributed by atoms with Gasteiger partial charge in [0.1, 0.15) is 0 Å². The Balaban J connectivity index is 2.25. The molecule has 0 aliphatic carbocycles. The lowest BCUT2D eigenvalue weighted by Gasteiger charge is -2.12. The Hall–Kier alpha value is -1.31. The van der Waals surface area contributed by atoms with E-state index < -0.39 is 17.5 Å². The van der Waals surface area contributed by atoms with Crippen molar-refractivity contribution >= 4 is 46.0 Å². The lowest BCUT2D eigenvalue weighted by Crippen LogP contribution is -2.24. The normalized spacial score (nSPS) is 11.5. The lowest BCUT2D eigenvalue weighted by atomic mass is 10.1. The van der Waals surface area contributed by atoms with Gasteiger partial charge >= 0.3 is 6.18 Å². The van der Waals surface area contributed by atoms with Gasteiger partial charge in [0.15, 0.2) is 4.47 Å². The van der Waals surface area contributed by atoms with Crippen LogP contribution in [-0.2, 0) is 6.54 Å². The highest BCUT2D eigenvalue weighted by Gasteiger charge is 2.40. The smallest absolute Gasteiger partial charge is 0.379 e. The number of rotatable bonds is 4. The molecular formula is C12H7Cl2F3N2OS. The van der Waals surface area contributed by atoms with Crippen molar-refractivity contribution in [1.29, 1.82) is 0 Å².